The maximum absolute atomic E-state index is 13.9. The molecular formula is C20H20ClF2N3OS. The maximum atomic E-state index is 13.9. The van der Waals surface area contributed by atoms with E-state index in [0.717, 1.165) is 31.7 Å². The molecule has 2 heterocycles. The van der Waals surface area contributed by atoms with Crippen LogP contribution in [0.4, 0.5) is 8.78 Å². The van der Waals surface area contributed by atoms with Gasteiger partial charge in [0.25, 0.3) is 6.43 Å². The summed E-state index contributed by atoms with van der Waals surface area (Å²) in [5.41, 5.74) is 1.26. The first-order valence-corrected chi connectivity index (χ1v) is 10.6. The number of aromatic nitrogens is 1. The Bertz CT molecular complexity index is 1020. The largest absolute Gasteiger partial charge is 0.314 e. The molecule has 1 atom stereocenters. The third kappa shape index (κ3) is 3.72. The van der Waals surface area contributed by atoms with E-state index in [1.54, 1.807) is 30.3 Å². The number of nitrogens with zero attached hydrogens (tertiary/aromatic N) is 2. The van der Waals surface area contributed by atoms with Gasteiger partial charge in [0.15, 0.2) is 11.0 Å². The highest BCUT2D eigenvalue weighted by molar-refractivity contribution is 7.83. The van der Waals surface area contributed by atoms with Gasteiger partial charge in [-0.2, -0.15) is 0 Å². The molecule has 0 radical (unpaired) electrons. The van der Waals surface area contributed by atoms with E-state index in [2.05, 4.69) is 10.2 Å². The molecule has 1 unspecified atom stereocenters. The Labute approximate surface area is 169 Å². The van der Waals surface area contributed by atoms with E-state index < -0.39 is 17.4 Å². The third-order valence-electron chi connectivity index (χ3n) is 4.95. The lowest BCUT2D eigenvalue weighted by molar-refractivity contribution is 0.153. The van der Waals surface area contributed by atoms with E-state index in [1.165, 1.54) is 10.2 Å². The molecular weight excluding hydrogens is 404 g/mol. The summed E-state index contributed by atoms with van der Waals surface area (Å²) in [7, 11) is -1.72. The van der Waals surface area contributed by atoms with Crippen LogP contribution in [-0.4, -0.2) is 39.3 Å². The first-order valence-electron chi connectivity index (χ1n) is 9.07. The summed E-state index contributed by atoms with van der Waals surface area (Å²) in [6.07, 6.45) is -1.35. The van der Waals surface area contributed by atoms with Gasteiger partial charge in [-0.25, -0.2) is 13.0 Å². The Kier molecular flexibility index (Phi) is 5.78. The van der Waals surface area contributed by atoms with E-state index in [4.69, 9.17) is 11.6 Å². The molecule has 0 saturated carbocycles. The van der Waals surface area contributed by atoms with E-state index in [1.807, 2.05) is 12.1 Å². The average molecular weight is 424 g/mol. The van der Waals surface area contributed by atoms with Gasteiger partial charge in [-0.1, -0.05) is 35.9 Å². The molecule has 0 spiro atoms. The SMILES string of the molecule is O=S(c1ccccc1Cl)n1cc(C(F)F)c2c(CN3CCNCC3)cccc21. The molecule has 2 aromatic carbocycles. The van der Waals surface area contributed by atoms with E-state index in [9.17, 15) is 13.0 Å². The van der Waals surface area contributed by atoms with Crippen molar-refractivity contribution in [1.82, 2.24) is 14.2 Å². The van der Waals surface area contributed by atoms with Crippen molar-refractivity contribution in [3.63, 3.8) is 0 Å². The molecule has 1 fully saturated rings. The van der Waals surface area contributed by atoms with Gasteiger partial charge in [-0.05, 0) is 23.8 Å². The lowest BCUT2D eigenvalue weighted by Gasteiger charge is -2.27. The molecule has 1 aliphatic heterocycles. The molecule has 1 aliphatic rings. The van der Waals surface area contributed by atoms with Crippen LogP contribution in [0.15, 0.2) is 53.6 Å². The van der Waals surface area contributed by atoms with Gasteiger partial charge in [0.2, 0.25) is 0 Å². The molecule has 0 amide bonds. The average Bonchev–Trinajstić information content (AvgIpc) is 3.10. The van der Waals surface area contributed by atoms with Gasteiger partial charge >= 0.3 is 0 Å². The molecule has 1 saturated heterocycles. The van der Waals surface area contributed by atoms with Gasteiger partial charge in [0.05, 0.1) is 15.4 Å². The quantitative estimate of drug-likeness (QED) is 0.668. The second kappa shape index (κ2) is 8.29. The first kappa shape index (κ1) is 19.5. The summed E-state index contributed by atoms with van der Waals surface area (Å²) < 4.78 is 42.3. The number of benzene rings is 2. The zero-order valence-corrected chi connectivity index (χ0v) is 16.6. The van der Waals surface area contributed by atoms with Crippen molar-refractivity contribution in [3.05, 3.63) is 64.8 Å². The molecule has 8 heteroatoms. The summed E-state index contributed by atoms with van der Waals surface area (Å²) in [5, 5.41) is 4.12. The van der Waals surface area contributed by atoms with E-state index >= 15 is 0 Å². The minimum atomic E-state index is -2.66. The van der Waals surface area contributed by atoms with Crippen molar-refractivity contribution >= 4 is 33.5 Å². The third-order valence-corrected chi connectivity index (χ3v) is 6.79. The normalized spacial score (nSPS) is 16.7. The molecule has 1 aromatic heterocycles. The minimum Gasteiger partial charge on any atom is -0.314 e. The molecule has 3 aromatic rings. The fourth-order valence-electron chi connectivity index (χ4n) is 3.60. The van der Waals surface area contributed by atoms with Crippen LogP contribution >= 0.6 is 11.6 Å². The smallest absolute Gasteiger partial charge is 0.265 e. The number of fused-ring (bicyclic) bond motifs is 1. The molecule has 0 bridgehead atoms. The van der Waals surface area contributed by atoms with Crippen molar-refractivity contribution in [2.75, 3.05) is 26.2 Å². The summed E-state index contributed by atoms with van der Waals surface area (Å²) in [6.45, 7) is 4.09. The second-order valence-corrected chi connectivity index (χ2v) is 8.47. The van der Waals surface area contributed by atoms with Crippen molar-refractivity contribution in [2.24, 2.45) is 0 Å². The number of nitrogens with one attached hydrogen (secondary N) is 1. The zero-order valence-electron chi connectivity index (χ0n) is 15.1. The number of rotatable bonds is 5. The van der Waals surface area contributed by atoms with Crippen LogP contribution in [0.2, 0.25) is 5.02 Å². The molecule has 148 valence electrons. The summed E-state index contributed by atoms with van der Waals surface area (Å²) in [5.74, 6) is 0. The molecule has 28 heavy (non-hydrogen) atoms. The van der Waals surface area contributed by atoms with Crippen LogP contribution in [-0.2, 0) is 17.5 Å². The lowest BCUT2D eigenvalue weighted by Crippen LogP contribution is -2.42. The minimum absolute atomic E-state index is 0.0962. The highest BCUT2D eigenvalue weighted by Gasteiger charge is 2.23. The number of halogens is 3. The first-order chi connectivity index (χ1) is 13.6. The Balaban J connectivity index is 1.81. The molecule has 0 aliphatic carbocycles. The van der Waals surface area contributed by atoms with Crippen molar-refractivity contribution in [2.45, 2.75) is 17.9 Å². The predicted molar refractivity (Wildman–Crippen MR) is 108 cm³/mol. The Hall–Kier alpha value is -1.80. The van der Waals surface area contributed by atoms with Crippen molar-refractivity contribution < 1.29 is 13.0 Å². The Morgan fingerprint density at radius 3 is 2.57 bits per heavy atom. The van der Waals surface area contributed by atoms with Crippen molar-refractivity contribution in [1.29, 1.82) is 0 Å². The second-order valence-electron chi connectivity index (χ2n) is 6.73. The highest BCUT2D eigenvalue weighted by atomic mass is 35.5. The van der Waals surface area contributed by atoms with Crippen molar-refractivity contribution in [3.8, 4) is 0 Å². The van der Waals surface area contributed by atoms with Gasteiger partial charge in [-0.3, -0.25) is 8.87 Å². The highest BCUT2D eigenvalue weighted by Crippen LogP contribution is 2.34. The number of hydrogen-bond donors (Lipinski definition) is 1. The standard InChI is InChI=1S/C20H20ClF2N3OS/c21-16-5-1-2-7-18(16)28(27)26-13-15(20(22)23)19-14(4-3-6-17(19)26)12-25-10-8-24-9-11-25/h1-7,13,20,24H,8-12H2. The summed E-state index contributed by atoms with van der Waals surface area (Å²) in [4.78, 5) is 2.64. The van der Waals surface area contributed by atoms with E-state index in [-0.39, 0.29) is 5.56 Å². The molecule has 4 nitrogen and oxygen atoms in total. The van der Waals surface area contributed by atoms with Gasteiger partial charge in [-0.15, -0.1) is 0 Å². The predicted octanol–water partition coefficient (Wildman–Crippen LogP) is 4.21. The van der Waals surface area contributed by atoms with E-state index in [0.29, 0.717) is 27.4 Å². The van der Waals surface area contributed by atoms with Crippen LogP contribution in [0.1, 0.15) is 17.6 Å². The Morgan fingerprint density at radius 1 is 1.11 bits per heavy atom. The fourth-order valence-corrected chi connectivity index (χ4v) is 5.12. The summed E-state index contributed by atoms with van der Waals surface area (Å²) in [6, 6.07) is 12.2. The van der Waals surface area contributed by atoms with Gasteiger partial charge < -0.3 is 5.32 Å². The van der Waals surface area contributed by atoms with Crippen LogP contribution in [0.25, 0.3) is 10.9 Å². The van der Waals surface area contributed by atoms with Crippen LogP contribution in [0.3, 0.4) is 0 Å². The number of hydrogen-bond acceptors (Lipinski definition) is 3. The molecule has 1 N–H and O–H groups in total. The fraction of sp³-hybridized carbons (Fsp3) is 0.300. The van der Waals surface area contributed by atoms with Gasteiger partial charge in [0.1, 0.15) is 0 Å². The lowest BCUT2D eigenvalue weighted by atomic mass is 10.1. The monoisotopic (exact) mass is 423 g/mol. The van der Waals surface area contributed by atoms with Crippen LogP contribution < -0.4 is 5.32 Å². The van der Waals surface area contributed by atoms with Gasteiger partial charge in [0, 0.05) is 49.9 Å². The summed E-state index contributed by atoms with van der Waals surface area (Å²) >= 11 is 6.18. The topological polar surface area (TPSA) is 37.3 Å². The Morgan fingerprint density at radius 2 is 1.86 bits per heavy atom. The number of alkyl halides is 2. The number of piperazine rings is 1. The van der Waals surface area contributed by atoms with Crippen LogP contribution in [0, 0.1) is 0 Å². The van der Waals surface area contributed by atoms with Crippen LogP contribution in [0.5, 0.6) is 0 Å². The zero-order chi connectivity index (χ0) is 19.7. The molecule has 4 rings (SSSR count). The maximum Gasteiger partial charge on any atom is 0.265 e.